The van der Waals surface area contributed by atoms with Gasteiger partial charge in [0.15, 0.2) is 0 Å². The van der Waals surface area contributed by atoms with E-state index in [-0.39, 0.29) is 5.54 Å². The maximum absolute atomic E-state index is 3.72. The van der Waals surface area contributed by atoms with Crippen molar-refractivity contribution in [1.29, 1.82) is 0 Å². The normalized spacial score (nSPS) is 20.2. The highest BCUT2D eigenvalue weighted by molar-refractivity contribution is 5.24. The maximum atomic E-state index is 3.72. The second-order valence-corrected chi connectivity index (χ2v) is 5.61. The lowest BCUT2D eigenvalue weighted by Crippen LogP contribution is -2.52. The average Bonchev–Trinajstić information content (AvgIpc) is 2.87. The van der Waals surface area contributed by atoms with Crippen molar-refractivity contribution in [2.24, 2.45) is 0 Å². The predicted molar refractivity (Wildman–Crippen MR) is 77.7 cm³/mol. The molecule has 0 spiro atoms. The van der Waals surface area contributed by atoms with E-state index >= 15 is 0 Å². The maximum Gasteiger partial charge on any atom is 0.0506 e. The molecule has 2 heteroatoms. The summed E-state index contributed by atoms with van der Waals surface area (Å²) in [7, 11) is 4.47. The summed E-state index contributed by atoms with van der Waals surface area (Å²) in [5.41, 5.74) is 1.71. The summed E-state index contributed by atoms with van der Waals surface area (Å²) in [6, 6.07) is 11.4. The van der Waals surface area contributed by atoms with Gasteiger partial charge in [0.25, 0.3) is 0 Å². The van der Waals surface area contributed by atoms with Crippen LogP contribution in [-0.2, 0) is 0 Å². The van der Waals surface area contributed by atoms with E-state index in [9.17, 15) is 0 Å². The lowest BCUT2D eigenvalue weighted by Gasteiger charge is -2.44. The van der Waals surface area contributed by atoms with Gasteiger partial charge in [-0.25, -0.2) is 0 Å². The van der Waals surface area contributed by atoms with E-state index in [4.69, 9.17) is 0 Å². The Morgan fingerprint density at radius 2 is 1.78 bits per heavy atom. The molecular formula is C16H26N2. The topological polar surface area (TPSA) is 15.3 Å². The van der Waals surface area contributed by atoms with Gasteiger partial charge in [-0.15, -0.1) is 0 Å². The van der Waals surface area contributed by atoms with Crippen LogP contribution >= 0.6 is 0 Å². The van der Waals surface area contributed by atoms with Crippen LogP contribution in [0.5, 0.6) is 0 Å². The van der Waals surface area contributed by atoms with E-state index < -0.39 is 0 Å². The summed E-state index contributed by atoms with van der Waals surface area (Å²) >= 11 is 0. The van der Waals surface area contributed by atoms with Crippen molar-refractivity contribution in [2.75, 3.05) is 20.6 Å². The first-order valence-electron chi connectivity index (χ1n) is 7.16. The lowest BCUT2D eigenvalue weighted by atomic mass is 9.82. The molecule has 18 heavy (non-hydrogen) atoms. The average molecular weight is 246 g/mol. The molecule has 1 fully saturated rings. The summed E-state index contributed by atoms with van der Waals surface area (Å²) in [6.07, 6.45) is 5.30. The van der Waals surface area contributed by atoms with Crippen molar-refractivity contribution >= 4 is 0 Å². The molecule has 2 rings (SSSR count). The van der Waals surface area contributed by atoms with Gasteiger partial charge in [0, 0.05) is 5.54 Å². The van der Waals surface area contributed by atoms with Gasteiger partial charge < -0.3 is 10.2 Å². The molecule has 1 aromatic carbocycles. The van der Waals surface area contributed by atoms with Crippen LogP contribution in [0, 0.1) is 0 Å². The van der Waals surface area contributed by atoms with Crippen molar-refractivity contribution in [1.82, 2.24) is 10.2 Å². The number of hydrogen-bond donors (Lipinski definition) is 1. The van der Waals surface area contributed by atoms with Crippen LogP contribution in [0.2, 0.25) is 0 Å². The molecule has 0 bridgehead atoms. The highest BCUT2D eigenvalue weighted by Crippen LogP contribution is 2.43. The molecule has 0 aromatic heterocycles. The Bertz CT molecular complexity index is 353. The standard InChI is InChI=1S/C16H26N2/c1-4-17-15(14-10-6-5-7-11-14)16(18(2)3)12-8-9-13-16/h5-7,10-11,15,17H,4,8-9,12-13H2,1-3H3. The SMILES string of the molecule is CCNC(c1ccccc1)C1(N(C)C)CCCC1. The first kappa shape index (κ1) is 13.6. The van der Waals surface area contributed by atoms with Crippen molar-refractivity contribution in [3.63, 3.8) is 0 Å². The molecule has 2 nitrogen and oxygen atoms in total. The summed E-state index contributed by atoms with van der Waals surface area (Å²) in [5, 5.41) is 3.72. The fourth-order valence-corrected chi connectivity index (χ4v) is 3.45. The fraction of sp³-hybridized carbons (Fsp3) is 0.625. The minimum atomic E-state index is 0.289. The van der Waals surface area contributed by atoms with Gasteiger partial charge in [0.05, 0.1) is 6.04 Å². The van der Waals surface area contributed by atoms with Crippen LogP contribution < -0.4 is 5.32 Å². The third kappa shape index (κ3) is 2.45. The molecule has 1 atom stereocenters. The first-order chi connectivity index (χ1) is 8.70. The minimum absolute atomic E-state index is 0.289. The third-order valence-electron chi connectivity index (χ3n) is 4.44. The first-order valence-corrected chi connectivity index (χ1v) is 7.16. The molecule has 1 aromatic rings. The summed E-state index contributed by atoms with van der Waals surface area (Å²) in [4.78, 5) is 2.44. The van der Waals surface area contributed by atoms with E-state index in [1.165, 1.54) is 31.2 Å². The number of nitrogens with one attached hydrogen (secondary N) is 1. The van der Waals surface area contributed by atoms with E-state index in [0.29, 0.717) is 6.04 Å². The molecule has 0 radical (unpaired) electrons. The number of likely N-dealkylation sites (N-methyl/N-ethyl adjacent to an activating group) is 2. The molecule has 1 aliphatic rings. The predicted octanol–water partition coefficient (Wildman–Crippen LogP) is 3.21. The van der Waals surface area contributed by atoms with Crippen molar-refractivity contribution in [3.05, 3.63) is 35.9 Å². The number of rotatable bonds is 5. The molecule has 0 amide bonds. The Labute approximate surface area is 111 Å². The van der Waals surface area contributed by atoms with Crippen LogP contribution in [0.1, 0.15) is 44.2 Å². The van der Waals surface area contributed by atoms with Gasteiger partial charge in [-0.05, 0) is 39.0 Å². The van der Waals surface area contributed by atoms with E-state index in [1.54, 1.807) is 0 Å². The molecule has 0 saturated heterocycles. The van der Waals surface area contributed by atoms with Crippen molar-refractivity contribution in [2.45, 2.75) is 44.2 Å². The second kappa shape index (κ2) is 5.85. The molecule has 1 saturated carbocycles. The Hall–Kier alpha value is -0.860. The van der Waals surface area contributed by atoms with Gasteiger partial charge in [0.2, 0.25) is 0 Å². The highest BCUT2D eigenvalue weighted by Gasteiger charge is 2.43. The van der Waals surface area contributed by atoms with E-state index in [1.807, 2.05) is 0 Å². The molecule has 1 aliphatic carbocycles. The summed E-state index contributed by atoms with van der Waals surface area (Å²) < 4.78 is 0. The molecule has 1 N–H and O–H groups in total. The van der Waals surface area contributed by atoms with E-state index in [2.05, 4.69) is 61.6 Å². The molecular weight excluding hydrogens is 220 g/mol. The Balaban J connectivity index is 2.34. The van der Waals surface area contributed by atoms with Crippen molar-refractivity contribution < 1.29 is 0 Å². The number of hydrogen-bond acceptors (Lipinski definition) is 2. The highest BCUT2D eigenvalue weighted by atomic mass is 15.2. The number of benzene rings is 1. The van der Waals surface area contributed by atoms with Crippen molar-refractivity contribution in [3.8, 4) is 0 Å². The zero-order valence-corrected chi connectivity index (χ0v) is 11.9. The fourth-order valence-electron chi connectivity index (χ4n) is 3.45. The Morgan fingerprint density at radius 3 is 2.28 bits per heavy atom. The van der Waals surface area contributed by atoms with Gasteiger partial charge in [-0.2, -0.15) is 0 Å². The zero-order chi connectivity index (χ0) is 13.0. The molecule has 1 unspecified atom stereocenters. The smallest absolute Gasteiger partial charge is 0.0506 e. The van der Waals surface area contributed by atoms with Gasteiger partial charge in [-0.1, -0.05) is 50.1 Å². The molecule has 0 heterocycles. The second-order valence-electron chi connectivity index (χ2n) is 5.61. The zero-order valence-electron chi connectivity index (χ0n) is 11.9. The van der Waals surface area contributed by atoms with Crippen LogP contribution in [0.25, 0.3) is 0 Å². The molecule has 0 aliphatic heterocycles. The quantitative estimate of drug-likeness (QED) is 0.858. The number of nitrogens with zero attached hydrogens (tertiary/aromatic N) is 1. The Kier molecular flexibility index (Phi) is 4.41. The van der Waals surface area contributed by atoms with Gasteiger partial charge in [0.1, 0.15) is 0 Å². The van der Waals surface area contributed by atoms with Crippen LogP contribution in [0.3, 0.4) is 0 Å². The largest absolute Gasteiger partial charge is 0.309 e. The monoisotopic (exact) mass is 246 g/mol. The van der Waals surface area contributed by atoms with Gasteiger partial charge in [-0.3, -0.25) is 0 Å². The summed E-state index contributed by atoms with van der Waals surface area (Å²) in [5.74, 6) is 0. The van der Waals surface area contributed by atoms with E-state index in [0.717, 1.165) is 6.54 Å². The van der Waals surface area contributed by atoms with Crippen LogP contribution in [0.15, 0.2) is 30.3 Å². The lowest BCUT2D eigenvalue weighted by molar-refractivity contribution is 0.105. The summed E-state index contributed by atoms with van der Waals surface area (Å²) in [6.45, 7) is 3.23. The molecule has 100 valence electrons. The van der Waals surface area contributed by atoms with Crippen LogP contribution in [-0.4, -0.2) is 31.1 Å². The Morgan fingerprint density at radius 1 is 1.17 bits per heavy atom. The van der Waals surface area contributed by atoms with Crippen LogP contribution in [0.4, 0.5) is 0 Å². The van der Waals surface area contributed by atoms with Gasteiger partial charge >= 0.3 is 0 Å². The minimum Gasteiger partial charge on any atom is -0.309 e. The third-order valence-corrected chi connectivity index (χ3v) is 4.44.